The first-order valence-corrected chi connectivity index (χ1v) is 10.4. The number of ether oxygens (including phenoxy) is 2. The van der Waals surface area contributed by atoms with Gasteiger partial charge in [-0.1, -0.05) is 18.2 Å². The molecule has 0 spiro atoms. The molecule has 0 bridgehead atoms. The molecule has 0 saturated heterocycles. The normalized spacial score (nSPS) is 10.9. The molecule has 4 aromatic rings. The Labute approximate surface area is 187 Å². The van der Waals surface area contributed by atoms with Crippen molar-refractivity contribution in [2.75, 3.05) is 14.2 Å². The maximum Gasteiger partial charge on any atom is 0.178 e. The topological polar surface area (TPSA) is 74.2 Å². The van der Waals surface area contributed by atoms with Crippen molar-refractivity contribution in [3.8, 4) is 22.6 Å². The maximum absolute atomic E-state index is 12.2. The molecule has 2 heterocycles. The molecule has 4 rings (SSSR count). The molecule has 6 nitrogen and oxygen atoms in total. The van der Waals surface area contributed by atoms with Gasteiger partial charge in [-0.15, -0.1) is 0 Å². The van der Waals surface area contributed by atoms with Crippen LogP contribution >= 0.6 is 0 Å². The van der Waals surface area contributed by atoms with Crippen molar-refractivity contribution < 1.29 is 14.3 Å². The molecular formula is C26H25N3O3. The maximum atomic E-state index is 12.2. The number of fused-ring (bicyclic) bond motifs is 1. The number of ketones is 1. The van der Waals surface area contributed by atoms with Crippen molar-refractivity contribution in [1.29, 1.82) is 0 Å². The van der Waals surface area contributed by atoms with E-state index in [-0.39, 0.29) is 5.78 Å². The number of carbonyl (C=O) groups excluding carboxylic acids is 1. The van der Waals surface area contributed by atoms with Crippen LogP contribution in [0, 0.1) is 6.92 Å². The average Bonchev–Trinajstić information content (AvgIpc) is 2.82. The Hall–Kier alpha value is -3.80. The average molecular weight is 428 g/mol. The Morgan fingerprint density at radius 2 is 1.59 bits per heavy atom. The number of Topliss-reactive ketones (excluding diaryl/α,β-unsaturated/α-hetero) is 1. The lowest BCUT2D eigenvalue weighted by Gasteiger charge is -2.13. The number of pyridine rings is 1. The third-order valence-electron chi connectivity index (χ3n) is 5.47. The Balaban J connectivity index is 1.75. The van der Waals surface area contributed by atoms with Crippen LogP contribution in [0.1, 0.15) is 34.4 Å². The molecule has 6 heteroatoms. The summed E-state index contributed by atoms with van der Waals surface area (Å²) in [6.07, 6.45) is 5.40. The van der Waals surface area contributed by atoms with Gasteiger partial charge in [0.05, 0.1) is 19.7 Å². The lowest BCUT2D eigenvalue weighted by molar-refractivity contribution is 0.101. The summed E-state index contributed by atoms with van der Waals surface area (Å²) in [5, 5.41) is 0.977. The minimum Gasteiger partial charge on any atom is -0.493 e. The van der Waals surface area contributed by atoms with Crippen LogP contribution in [0.3, 0.4) is 0 Å². The van der Waals surface area contributed by atoms with Gasteiger partial charge >= 0.3 is 0 Å². The largest absolute Gasteiger partial charge is 0.493 e. The minimum atomic E-state index is -0.0733. The molecule has 0 atom stereocenters. The predicted molar refractivity (Wildman–Crippen MR) is 124 cm³/mol. The van der Waals surface area contributed by atoms with Crippen LogP contribution in [0.25, 0.3) is 22.0 Å². The molecule has 0 unspecified atom stereocenters. The third kappa shape index (κ3) is 4.44. The first-order valence-electron chi connectivity index (χ1n) is 10.4. The lowest BCUT2D eigenvalue weighted by atomic mass is 9.97. The van der Waals surface area contributed by atoms with Crippen LogP contribution in [0.15, 0.2) is 54.9 Å². The van der Waals surface area contributed by atoms with Crippen LogP contribution in [0.5, 0.6) is 11.5 Å². The van der Waals surface area contributed by atoms with Gasteiger partial charge < -0.3 is 9.47 Å². The molecule has 0 aliphatic rings. The first kappa shape index (κ1) is 21.4. The van der Waals surface area contributed by atoms with Crippen LogP contribution in [-0.2, 0) is 12.8 Å². The fourth-order valence-electron chi connectivity index (χ4n) is 3.69. The Bertz CT molecular complexity index is 1280. The molecule has 32 heavy (non-hydrogen) atoms. The predicted octanol–water partition coefficient (Wildman–Crippen LogP) is 5.01. The van der Waals surface area contributed by atoms with Gasteiger partial charge in [0.1, 0.15) is 11.5 Å². The highest BCUT2D eigenvalue weighted by molar-refractivity contribution is 6.01. The molecule has 0 aliphatic carbocycles. The second-order valence-electron chi connectivity index (χ2n) is 7.67. The van der Waals surface area contributed by atoms with Gasteiger partial charge in [-0.3, -0.25) is 4.79 Å². The van der Waals surface area contributed by atoms with Crippen LogP contribution in [0.4, 0.5) is 0 Å². The minimum absolute atomic E-state index is 0.0733. The number of aromatic nitrogens is 3. The monoisotopic (exact) mass is 427 g/mol. The first-order chi connectivity index (χ1) is 15.5. The smallest absolute Gasteiger partial charge is 0.178 e. The van der Waals surface area contributed by atoms with Gasteiger partial charge in [0, 0.05) is 24.7 Å². The van der Waals surface area contributed by atoms with E-state index in [0.29, 0.717) is 17.2 Å². The van der Waals surface area contributed by atoms with Crippen molar-refractivity contribution in [2.45, 2.75) is 26.7 Å². The summed E-state index contributed by atoms with van der Waals surface area (Å²) in [6, 6.07) is 13.8. The number of methoxy groups -OCH3 is 2. The Morgan fingerprint density at radius 3 is 2.28 bits per heavy atom. The quantitative estimate of drug-likeness (QED) is 0.386. The van der Waals surface area contributed by atoms with Crippen molar-refractivity contribution in [1.82, 2.24) is 15.0 Å². The zero-order valence-corrected chi connectivity index (χ0v) is 18.7. The molecule has 162 valence electrons. The van der Waals surface area contributed by atoms with E-state index in [1.54, 1.807) is 14.2 Å². The SMILES string of the molecule is COc1ccc(-c2cc(C(C)=O)nc3cc(CCc4cnc(C)nc4)ccc23)cc1OC. The summed E-state index contributed by atoms with van der Waals surface area (Å²) < 4.78 is 10.8. The number of aryl methyl sites for hydroxylation is 3. The fourth-order valence-corrected chi connectivity index (χ4v) is 3.69. The second kappa shape index (κ2) is 9.14. The van der Waals surface area contributed by atoms with Crippen molar-refractivity contribution >= 4 is 16.7 Å². The summed E-state index contributed by atoms with van der Waals surface area (Å²) in [6.45, 7) is 3.41. The number of benzene rings is 2. The zero-order chi connectivity index (χ0) is 22.7. The molecule has 2 aromatic carbocycles. The highest BCUT2D eigenvalue weighted by Crippen LogP contribution is 2.36. The molecular weight excluding hydrogens is 402 g/mol. The lowest BCUT2D eigenvalue weighted by Crippen LogP contribution is -2.00. The summed E-state index contributed by atoms with van der Waals surface area (Å²) in [5.74, 6) is 1.99. The van der Waals surface area contributed by atoms with Gasteiger partial charge in [-0.2, -0.15) is 0 Å². The van der Waals surface area contributed by atoms with Gasteiger partial charge in [0.25, 0.3) is 0 Å². The molecule has 0 saturated carbocycles. The zero-order valence-electron chi connectivity index (χ0n) is 18.7. The van der Waals surface area contributed by atoms with E-state index in [9.17, 15) is 4.79 Å². The van der Waals surface area contributed by atoms with E-state index in [1.807, 2.05) is 43.6 Å². The van der Waals surface area contributed by atoms with E-state index in [4.69, 9.17) is 9.47 Å². The molecule has 0 N–H and O–H groups in total. The molecule has 0 fully saturated rings. The van der Waals surface area contributed by atoms with Gasteiger partial charge in [-0.05, 0) is 66.3 Å². The Morgan fingerprint density at radius 1 is 0.875 bits per heavy atom. The van der Waals surface area contributed by atoms with Crippen LogP contribution in [0.2, 0.25) is 0 Å². The Kier molecular flexibility index (Phi) is 6.12. The van der Waals surface area contributed by atoms with Crippen molar-refractivity contribution in [2.24, 2.45) is 0 Å². The van der Waals surface area contributed by atoms with E-state index in [1.165, 1.54) is 6.92 Å². The van der Waals surface area contributed by atoms with E-state index < -0.39 is 0 Å². The third-order valence-corrected chi connectivity index (χ3v) is 5.47. The number of hydrogen-bond donors (Lipinski definition) is 0. The fraction of sp³-hybridized carbons (Fsp3) is 0.231. The highest BCUT2D eigenvalue weighted by atomic mass is 16.5. The summed E-state index contributed by atoms with van der Waals surface area (Å²) in [4.78, 5) is 25.4. The van der Waals surface area contributed by atoms with Crippen molar-refractivity contribution in [3.05, 3.63) is 77.5 Å². The van der Waals surface area contributed by atoms with Gasteiger partial charge in [0.2, 0.25) is 0 Å². The number of nitrogens with zero attached hydrogens (tertiary/aromatic N) is 3. The van der Waals surface area contributed by atoms with Gasteiger partial charge in [0.15, 0.2) is 17.3 Å². The van der Waals surface area contributed by atoms with Crippen LogP contribution in [-0.4, -0.2) is 35.0 Å². The summed E-state index contributed by atoms with van der Waals surface area (Å²) in [5.41, 5.74) is 5.32. The number of carbonyl (C=O) groups is 1. The van der Waals surface area contributed by atoms with E-state index in [0.717, 1.165) is 51.8 Å². The van der Waals surface area contributed by atoms with Gasteiger partial charge in [-0.25, -0.2) is 15.0 Å². The standard InChI is InChI=1S/C26H25N3O3/c1-16(30)23-13-22(20-8-10-25(31-3)26(12-20)32-4)21-9-7-18(11-24(21)29-23)5-6-19-14-27-17(2)28-15-19/h7-15H,5-6H2,1-4H3. The molecule has 0 aliphatic heterocycles. The summed E-state index contributed by atoms with van der Waals surface area (Å²) >= 11 is 0. The van der Waals surface area contributed by atoms with E-state index in [2.05, 4.69) is 33.2 Å². The molecule has 0 radical (unpaired) electrons. The second-order valence-corrected chi connectivity index (χ2v) is 7.67. The number of rotatable bonds is 7. The summed E-state index contributed by atoms with van der Waals surface area (Å²) in [7, 11) is 3.22. The van der Waals surface area contributed by atoms with E-state index >= 15 is 0 Å². The van der Waals surface area contributed by atoms with Crippen molar-refractivity contribution in [3.63, 3.8) is 0 Å². The highest BCUT2D eigenvalue weighted by Gasteiger charge is 2.14. The molecule has 2 aromatic heterocycles. The number of hydrogen-bond acceptors (Lipinski definition) is 6. The molecule has 0 amide bonds. The van der Waals surface area contributed by atoms with Crippen LogP contribution < -0.4 is 9.47 Å².